The first-order valence-electron chi connectivity index (χ1n) is 7.70. The molecule has 0 unspecified atom stereocenters. The van der Waals surface area contributed by atoms with Crippen molar-refractivity contribution in [2.75, 3.05) is 39.8 Å². The Morgan fingerprint density at radius 2 is 1.87 bits per heavy atom. The summed E-state index contributed by atoms with van der Waals surface area (Å²) in [6.45, 7) is 4.30. The average Bonchev–Trinajstić information content (AvgIpc) is 2.58. The lowest BCUT2D eigenvalue weighted by atomic mass is 10.1. The van der Waals surface area contributed by atoms with Gasteiger partial charge in [0.1, 0.15) is 5.75 Å². The van der Waals surface area contributed by atoms with E-state index in [1.165, 1.54) is 0 Å². The molecule has 0 N–H and O–H groups in total. The Kier molecular flexibility index (Phi) is 4.95. The Hall–Kier alpha value is -2.31. The van der Waals surface area contributed by atoms with E-state index in [0.29, 0.717) is 17.9 Å². The van der Waals surface area contributed by atoms with Gasteiger partial charge in [-0.2, -0.15) is 0 Å². The number of ketones is 1. The molecule has 1 aromatic carbocycles. The molecule has 3 rings (SSSR count). The highest BCUT2D eigenvalue weighted by atomic mass is 16.5. The largest absolute Gasteiger partial charge is 0.424 e. The Morgan fingerprint density at radius 1 is 1.13 bits per heavy atom. The van der Waals surface area contributed by atoms with E-state index in [-0.39, 0.29) is 11.8 Å². The van der Waals surface area contributed by atoms with Crippen LogP contribution in [0.1, 0.15) is 10.4 Å². The summed E-state index contributed by atoms with van der Waals surface area (Å²) in [5, 5.41) is 0. The maximum Gasteiger partial charge on any atom is 0.321 e. The van der Waals surface area contributed by atoms with Crippen LogP contribution in [0.4, 0.5) is 0 Å². The number of hydrogen-bond donors (Lipinski definition) is 0. The fourth-order valence-corrected chi connectivity index (χ4v) is 2.48. The van der Waals surface area contributed by atoms with Gasteiger partial charge in [0.05, 0.1) is 6.54 Å². The highest BCUT2D eigenvalue weighted by Gasteiger charge is 2.17. The normalized spacial score (nSPS) is 16.2. The van der Waals surface area contributed by atoms with Crippen LogP contribution < -0.4 is 4.74 Å². The van der Waals surface area contributed by atoms with Gasteiger partial charge in [-0.25, -0.2) is 9.97 Å². The van der Waals surface area contributed by atoms with Crippen molar-refractivity contribution in [3.8, 4) is 11.8 Å². The van der Waals surface area contributed by atoms with Crippen LogP contribution in [0, 0.1) is 0 Å². The minimum absolute atomic E-state index is 0.106. The summed E-state index contributed by atoms with van der Waals surface area (Å²) in [4.78, 5) is 25.0. The number of piperazine rings is 1. The predicted molar refractivity (Wildman–Crippen MR) is 86.8 cm³/mol. The van der Waals surface area contributed by atoms with Gasteiger partial charge in [-0.3, -0.25) is 9.69 Å². The van der Waals surface area contributed by atoms with Crippen LogP contribution in [0.2, 0.25) is 0 Å². The molecule has 0 amide bonds. The second-order valence-electron chi connectivity index (χ2n) is 5.66. The number of Topliss-reactive ketones (excluding diaryl/α,β-unsaturated/α-hetero) is 1. The van der Waals surface area contributed by atoms with Crippen molar-refractivity contribution in [2.24, 2.45) is 0 Å². The topological polar surface area (TPSA) is 58.6 Å². The fraction of sp³-hybridized carbons (Fsp3) is 0.353. The van der Waals surface area contributed by atoms with Gasteiger partial charge in [-0.1, -0.05) is 12.1 Å². The van der Waals surface area contributed by atoms with E-state index in [1.54, 1.807) is 30.6 Å². The summed E-state index contributed by atoms with van der Waals surface area (Å²) in [6.07, 6.45) is 3.23. The number of hydrogen-bond acceptors (Lipinski definition) is 6. The standard InChI is InChI=1S/C17H20N4O2/c1-20-8-10-21(11-9-20)13-16(22)14-4-2-5-15(12-14)23-17-18-6-3-7-19-17/h2-7,12H,8-11,13H2,1H3. The van der Waals surface area contributed by atoms with Gasteiger partial charge >= 0.3 is 6.01 Å². The van der Waals surface area contributed by atoms with Crippen LogP contribution in [0.15, 0.2) is 42.7 Å². The maximum atomic E-state index is 12.5. The van der Waals surface area contributed by atoms with E-state index in [1.807, 2.05) is 12.1 Å². The molecule has 1 aromatic heterocycles. The van der Waals surface area contributed by atoms with E-state index in [9.17, 15) is 4.79 Å². The quantitative estimate of drug-likeness (QED) is 0.783. The first-order chi connectivity index (χ1) is 11.2. The lowest BCUT2D eigenvalue weighted by molar-refractivity contribution is 0.0876. The molecule has 1 aliphatic heterocycles. The van der Waals surface area contributed by atoms with Crippen LogP contribution >= 0.6 is 0 Å². The molecule has 2 aromatic rings. The SMILES string of the molecule is CN1CCN(CC(=O)c2cccc(Oc3ncccn3)c2)CC1. The lowest BCUT2D eigenvalue weighted by Crippen LogP contribution is -2.46. The minimum atomic E-state index is 0.106. The molecule has 0 spiro atoms. The number of carbonyl (C=O) groups is 1. The molecular weight excluding hydrogens is 292 g/mol. The number of likely N-dealkylation sites (N-methyl/N-ethyl adjacent to an activating group) is 1. The molecule has 23 heavy (non-hydrogen) atoms. The van der Waals surface area contributed by atoms with Gasteiger partial charge in [0.2, 0.25) is 0 Å². The molecule has 6 heteroatoms. The van der Waals surface area contributed by atoms with Gasteiger partial charge in [0.15, 0.2) is 5.78 Å². The zero-order valence-electron chi connectivity index (χ0n) is 13.2. The molecule has 2 heterocycles. The molecule has 1 fully saturated rings. The Labute approximate surface area is 135 Å². The molecule has 0 radical (unpaired) electrons. The van der Waals surface area contributed by atoms with E-state index in [4.69, 9.17) is 4.74 Å². The van der Waals surface area contributed by atoms with Crippen molar-refractivity contribution >= 4 is 5.78 Å². The third-order valence-electron chi connectivity index (χ3n) is 3.87. The Balaban J connectivity index is 1.63. The van der Waals surface area contributed by atoms with Crippen molar-refractivity contribution in [1.82, 2.24) is 19.8 Å². The second-order valence-corrected chi connectivity index (χ2v) is 5.66. The van der Waals surface area contributed by atoms with Crippen LogP contribution in [0.3, 0.4) is 0 Å². The zero-order valence-corrected chi connectivity index (χ0v) is 13.2. The summed E-state index contributed by atoms with van der Waals surface area (Å²) in [7, 11) is 2.10. The van der Waals surface area contributed by atoms with Gasteiger partial charge in [-0.05, 0) is 25.2 Å². The van der Waals surface area contributed by atoms with Crippen molar-refractivity contribution in [3.63, 3.8) is 0 Å². The first-order valence-corrected chi connectivity index (χ1v) is 7.70. The van der Waals surface area contributed by atoms with Crippen molar-refractivity contribution in [2.45, 2.75) is 0 Å². The molecule has 6 nitrogen and oxygen atoms in total. The summed E-state index contributed by atoms with van der Waals surface area (Å²) in [5.74, 6) is 0.675. The molecule has 0 bridgehead atoms. The Bertz CT molecular complexity index is 655. The van der Waals surface area contributed by atoms with Crippen molar-refractivity contribution in [3.05, 3.63) is 48.3 Å². The van der Waals surface area contributed by atoms with Crippen LogP contribution in [0.5, 0.6) is 11.8 Å². The number of benzene rings is 1. The average molecular weight is 312 g/mol. The molecular formula is C17H20N4O2. The predicted octanol–water partition coefficient (Wildman–Crippen LogP) is 1.70. The third-order valence-corrected chi connectivity index (χ3v) is 3.87. The third kappa shape index (κ3) is 4.34. The van der Waals surface area contributed by atoms with E-state index < -0.39 is 0 Å². The maximum absolute atomic E-state index is 12.5. The van der Waals surface area contributed by atoms with Gasteiger partial charge in [0.25, 0.3) is 0 Å². The van der Waals surface area contributed by atoms with Crippen LogP contribution in [0.25, 0.3) is 0 Å². The van der Waals surface area contributed by atoms with Crippen LogP contribution in [-0.2, 0) is 0 Å². The number of aromatic nitrogens is 2. The second kappa shape index (κ2) is 7.30. The minimum Gasteiger partial charge on any atom is -0.424 e. The van der Waals surface area contributed by atoms with Gasteiger partial charge in [-0.15, -0.1) is 0 Å². The lowest BCUT2D eigenvalue weighted by Gasteiger charge is -2.31. The molecule has 0 saturated carbocycles. The fourth-order valence-electron chi connectivity index (χ4n) is 2.48. The smallest absolute Gasteiger partial charge is 0.321 e. The first kappa shape index (κ1) is 15.6. The highest BCUT2D eigenvalue weighted by Crippen LogP contribution is 2.19. The van der Waals surface area contributed by atoms with Crippen molar-refractivity contribution < 1.29 is 9.53 Å². The van der Waals surface area contributed by atoms with Gasteiger partial charge in [0, 0.05) is 44.1 Å². The monoisotopic (exact) mass is 312 g/mol. The van der Waals surface area contributed by atoms with E-state index in [0.717, 1.165) is 26.2 Å². The molecule has 120 valence electrons. The summed E-state index contributed by atoms with van der Waals surface area (Å²) < 4.78 is 5.58. The number of carbonyl (C=O) groups excluding carboxylic acids is 1. The molecule has 1 saturated heterocycles. The molecule has 1 aliphatic rings. The number of ether oxygens (including phenoxy) is 1. The van der Waals surface area contributed by atoms with Crippen LogP contribution in [-0.4, -0.2) is 65.3 Å². The Morgan fingerprint density at radius 3 is 2.61 bits per heavy atom. The summed E-state index contributed by atoms with van der Waals surface area (Å²) >= 11 is 0. The molecule has 0 atom stereocenters. The van der Waals surface area contributed by atoms with E-state index >= 15 is 0 Å². The number of rotatable bonds is 5. The van der Waals surface area contributed by atoms with E-state index in [2.05, 4.69) is 26.8 Å². The van der Waals surface area contributed by atoms with Crippen molar-refractivity contribution in [1.29, 1.82) is 0 Å². The highest BCUT2D eigenvalue weighted by molar-refractivity contribution is 5.97. The zero-order chi connectivity index (χ0) is 16.1. The molecule has 0 aliphatic carbocycles. The van der Waals surface area contributed by atoms with Gasteiger partial charge < -0.3 is 9.64 Å². The summed E-state index contributed by atoms with van der Waals surface area (Å²) in [5.41, 5.74) is 0.650. The number of nitrogens with zero attached hydrogens (tertiary/aromatic N) is 4. The summed E-state index contributed by atoms with van der Waals surface area (Å²) in [6, 6.07) is 9.17.